The van der Waals surface area contributed by atoms with Gasteiger partial charge in [0, 0.05) is 6.07 Å². The molecule has 0 saturated carbocycles. The Kier molecular flexibility index (Phi) is 4.91. The molecule has 0 spiro atoms. The number of anilines is 1. The highest BCUT2D eigenvalue weighted by Crippen LogP contribution is 2.31. The molecule has 4 rings (SSSR count). The summed E-state index contributed by atoms with van der Waals surface area (Å²) in [5, 5.41) is 20.6. The van der Waals surface area contributed by atoms with Gasteiger partial charge in [0.25, 0.3) is 0 Å². The van der Waals surface area contributed by atoms with E-state index < -0.39 is 0 Å². The smallest absolute Gasteiger partial charge is 0.239 e. The van der Waals surface area contributed by atoms with Crippen LogP contribution < -0.4 is 5.32 Å². The lowest BCUT2D eigenvalue weighted by atomic mass is 10.1. The molecular formula is C20H20N6O2. The van der Waals surface area contributed by atoms with Crippen molar-refractivity contribution in [2.24, 2.45) is 0 Å². The zero-order chi connectivity index (χ0) is 19.5. The lowest BCUT2D eigenvalue weighted by Gasteiger charge is -2.22. The van der Waals surface area contributed by atoms with Crippen molar-refractivity contribution in [2.45, 2.75) is 25.8 Å². The van der Waals surface area contributed by atoms with E-state index >= 15 is 0 Å². The van der Waals surface area contributed by atoms with E-state index in [2.05, 4.69) is 26.5 Å². The number of aromatic nitrogens is 3. The number of hydrogen-bond donors (Lipinski definition) is 1. The van der Waals surface area contributed by atoms with Crippen molar-refractivity contribution in [1.82, 2.24) is 19.8 Å². The standard InChI is InChI=1S/C20H20N6O2/c1-14-10-17(24-28-14)18-8-5-9-25(18)13-19(27)23-20-15(11-21)12-22-26(20)16-6-3-2-4-7-16/h2-4,6-7,10,12,18H,5,8-9,13H2,1H3,(H,23,27). The van der Waals surface area contributed by atoms with E-state index in [1.54, 1.807) is 4.68 Å². The molecule has 1 aromatic carbocycles. The summed E-state index contributed by atoms with van der Waals surface area (Å²) in [7, 11) is 0. The number of carbonyl (C=O) groups is 1. The van der Waals surface area contributed by atoms with Crippen LogP contribution in [0.2, 0.25) is 0 Å². The third-order valence-corrected chi connectivity index (χ3v) is 4.85. The van der Waals surface area contributed by atoms with Crippen LogP contribution in [0.25, 0.3) is 5.69 Å². The van der Waals surface area contributed by atoms with Gasteiger partial charge < -0.3 is 9.84 Å². The van der Waals surface area contributed by atoms with Gasteiger partial charge in [-0.25, -0.2) is 4.68 Å². The first-order valence-corrected chi connectivity index (χ1v) is 9.16. The number of nitrogens with one attached hydrogen (secondary N) is 1. The maximum Gasteiger partial charge on any atom is 0.239 e. The molecular weight excluding hydrogens is 356 g/mol. The second-order valence-corrected chi connectivity index (χ2v) is 6.81. The van der Waals surface area contributed by atoms with Gasteiger partial charge in [-0.3, -0.25) is 9.69 Å². The van der Waals surface area contributed by atoms with E-state index in [-0.39, 0.29) is 18.5 Å². The molecule has 1 saturated heterocycles. The molecule has 1 fully saturated rings. The minimum Gasteiger partial charge on any atom is -0.361 e. The molecule has 8 heteroatoms. The molecule has 0 aliphatic carbocycles. The second-order valence-electron chi connectivity index (χ2n) is 6.81. The number of benzene rings is 1. The average molecular weight is 376 g/mol. The van der Waals surface area contributed by atoms with Gasteiger partial charge in [-0.1, -0.05) is 23.4 Å². The van der Waals surface area contributed by atoms with Crippen molar-refractivity contribution in [1.29, 1.82) is 5.26 Å². The molecule has 0 bridgehead atoms. The second kappa shape index (κ2) is 7.66. The van der Waals surface area contributed by atoms with E-state index in [9.17, 15) is 10.1 Å². The molecule has 28 heavy (non-hydrogen) atoms. The Labute approximate surface area is 162 Å². The van der Waals surface area contributed by atoms with Crippen LogP contribution in [0, 0.1) is 18.3 Å². The molecule has 142 valence electrons. The number of para-hydroxylation sites is 1. The van der Waals surface area contributed by atoms with E-state index in [0.717, 1.165) is 36.5 Å². The molecule has 1 amide bonds. The first kappa shape index (κ1) is 17.9. The monoisotopic (exact) mass is 376 g/mol. The number of nitriles is 1. The fraction of sp³-hybridized carbons (Fsp3) is 0.300. The molecule has 3 aromatic rings. The zero-order valence-electron chi connectivity index (χ0n) is 15.5. The van der Waals surface area contributed by atoms with Gasteiger partial charge in [-0.15, -0.1) is 0 Å². The summed E-state index contributed by atoms with van der Waals surface area (Å²) >= 11 is 0. The number of amides is 1. The van der Waals surface area contributed by atoms with Crippen LogP contribution in [-0.4, -0.2) is 38.8 Å². The minimum absolute atomic E-state index is 0.0673. The van der Waals surface area contributed by atoms with Gasteiger partial charge in [-0.2, -0.15) is 10.4 Å². The molecule has 3 heterocycles. The molecule has 1 unspecified atom stereocenters. The third-order valence-electron chi connectivity index (χ3n) is 4.85. The van der Waals surface area contributed by atoms with E-state index in [1.165, 1.54) is 6.20 Å². The third kappa shape index (κ3) is 3.52. The number of likely N-dealkylation sites (tertiary alicyclic amines) is 1. The van der Waals surface area contributed by atoms with Crippen LogP contribution in [0.5, 0.6) is 0 Å². The van der Waals surface area contributed by atoms with Gasteiger partial charge in [0.05, 0.1) is 24.5 Å². The minimum atomic E-state index is -0.193. The van der Waals surface area contributed by atoms with Crippen molar-refractivity contribution in [3.63, 3.8) is 0 Å². The number of rotatable bonds is 5. The maximum atomic E-state index is 12.8. The summed E-state index contributed by atoms with van der Waals surface area (Å²) in [6.45, 7) is 2.88. The highest BCUT2D eigenvalue weighted by Gasteiger charge is 2.30. The highest BCUT2D eigenvalue weighted by molar-refractivity contribution is 5.93. The van der Waals surface area contributed by atoms with Crippen molar-refractivity contribution in [3.8, 4) is 11.8 Å². The number of nitrogens with zero attached hydrogens (tertiary/aromatic N) is 5. The van der Waals surface area contributed by atoms with E-state index in [1.807, 2.05) is 43.3 Å². The largest absolute Gasteiger partial charge is 0.361 e. The molecule has 1 N–H and O–H groups in total. The summed E-state index contributed by atoms with van der Waals surface area (Å²) in [4.78, 5) is 14.8. The molecule has 1 atom stereocenters. The van der Waals surface area contributed by atoms with Crippen LogP contribution in [0.1, 0.15) is 35.9 Å². The quantitative estimate of drug-likeness (QED) is 0.735. The highest BCUT2D eigenvalue weighted by atomic mass is 16.5. The number of aryl methyl sites for hydroxylation is 1. The Bertz CT molecular complexity index is 1020. The van der Waals surface area contributed by atoms with Gasteiger partial charge in [0.1, 0.15) is 23.1 Å². The van der Waals surface area contributed by atoms with Gasteiger partial charge in [-0.05, 0) is 38.4 Å². The summed E-state index contributed by atoms with van der Waals surface area (Å²) in [5.41, 5.74) is 1.95. The maximum absolute atomic E-state index is 12.8. The molecule has 2 aromatic heterocycles. The Morgan fingerprint density at radius 2 is 2.21 bits per heavy atom. The van der Waals surface area contributed by atoms with Gasteiger partial charge in [0.15, 0.2) is 5.82 Å². The van der Waals surface area contributed by atoms with Gasteiger partial charge >= 0.3 is 0 Å². The lowest BCUT2D eigenvalue weighted by Crippen LogP contribution is -2.33. The first-order valence-electron chi connectivity index (χ1n) is 9.16. The number of carbonyl (C=O) groups excluding carboxylic acids is 1. The van der Waals surface area contributed by atoms with Crippen LogP contribution in [0.4, 0.5) is 5.82 Å². The Hall–Kier alpha value is -3.44. The first-order chi connectivity index (χ1) is 13.7. The Morgan fingerprint density at radius 3 is 2.93 bits per heavy atom. The Balaban J connectivity index is 1.51. The topological polar surface area (TPSA) is 100.0 Å². The summed E-state index contributed by atoms with van der Waals surface area (Å²) in [6, 6.07) is 13.5. The van der Waals surface area contributed by atoms with Crippen LogP contribution in [0.3, 0.4) is 0 Å². The number of hydrogen-bond acceptors (Lipinski definition) is 6. The predicted molar refractivity (Wildman–Crippen MR) is 102 cm³/mol. The van der Waals surface area contributed by atoms with E-state index in [4.69, 9.17) is 4.52 Å². The normalized spacial score (nSPS) is 16.8. The van der Waals surface area contributed by atoms with E-state index in [0.29, 0.717) is 11.4 Å². The molecule has 1 aliphatic rings. The summed E-state index contributed by atoms with van der Waals surface area (Å²) in [5.74, 6) is 0.949. The molecule has 1 aliphatic heterocycles. The van der Waals surface area contributed by atoms with Crippen LogP contribution in [0.15, 0.2) is 47.1 Å². The Morgan fingerprint density at radius 1 is 1.39 bits per heavy atom. The average Bonchev–Trinajstić information content (AvgIpc) is 3.42. The molecule has 8 nitrogen and oxygen atoms in total. The van der Waals surface area contributed by atoms with Crippen LogP contribution >= 0.6 is 0 Å². The fourth-order valence-corrected chi connectivity index (χ4v) is 3.56. The van der Waals surface area contributed by atoms with Crippen LogP contribution in [-0.2, 0) is 4.79 Å². The lowest BCUT2D eigenvalue weighted by molar-refractivity contribution is -0.117. The fourth-order valence-electron chi connectivity index (χ4n) is 3.56. The van der Waals surface area contributed by atoms with Crippen molar-refractivity contribution < 1.29 is 9.32 Å². The summed E-state index contributed by atoms with van der Waals surface area (Å²) < 4.78 is 6.75. The van der Waals surface area contributed by atoms with Crippen molar-refractivity contribution >= 4 is 11.7 Å². The SMILES string of the molecule is Cc1cc(C2CCCN2CC(=O)Nc2c(C#N)cnn2-c2ccccc2)no1. The van der Waals surface area contributed by atoms with Gasteiger partial charge in [0.2, 0.25) is 5.91 Å². The summed E-state index contributed by atoms with van der Waals surface area (Å²) in [6.07, 6.45) is 3.39. The van der Waals surface area contributed by atoms with Crippen molar-refractivity contribution in [3.05, 3.63) is 59.6 Å². The van der Waals surface area contributed by atoms with Crippen molar-refractivity contribution in [2.75, 3.05) is 18.4 Å². The zero-order valence-corrected chi connectivity index (χ0v) is 15.5. The predicted octanol–water partition coefficient (Wildman–Crippen LogP) is 2.82. The molecule has 0 radical (unpaired) electrons.